The maximum Gasteiger partial charge on any atom is 0.392 e. The predicted octanol–water partition coefficient (Wildman–Crippen LogP) is 4.20. The molecule has 1 unspecified atom stereocenters. The van der Waals surface area contributed by atoms with Crippen LogP contribution in [0.3, 0.4) is 0 Å². The highest BCUT2D eigenvalue weighted by Crippen LogP contribution is 2.22. The van der Waals surface area contributed by atoms with E-state index < -0.39 is 31.2 Å². The SMILES string of the molecule is Cc1cc(C(=O)NC(C)c2ccnc(NC(=O)C(C)C)c2)cnc1OCCC(F)(F)F. The molecule has 0 aromatic carbocycles. The van der Waals surface area contributed by atoms with E-state index in [-0.39, 0.29) is 23.3 Å². The van der Waals surface area contributed by atoms with E-state index in [1.54, 1.807) is 39.8 Å². The van der Waals surface area contributed by atoms with Crippen molar-refractivity contribution in [1.82, 2.24) is 15.3 Å². The van der Waals surface area contributed by atoms with Crippen LogP contribution >= 0.6 is 0 Å². The summed E-state index contributed by atoms with van der Waals surface area (Å²) >= 11 is 0. The molecule has 0 spiro atoms. The standard InChI is InChI=1S/C21H25F3N4O3/c1-12(2)18(29)28-17-10-15(5-7-25-17)14(4)27-19(30)16-9-13(3)20(26-11-16)31-8-6-21(22,23)24/h5,7,9-12,14H,6,8H2,1-4H3,(H,27,30)(H,25,28,29). The second kappa shape index (κ2) is 10.2. The third kappa shape index (κ3) is 7.54. The van der Waals surface area contributed by atoms with Crippen LogP contribution in [0, 0.1) is 12.8 Å². The summed E-state index contributed by atoms with van der Waals surface area (Å²) in [5.41, 5.74) is 1.43. The van der Waals surface area contributed by atoms with Crippen molar-refractivity contribution >= 4 is 17.6 Å². The molecule has 0 bridgehead atoms. The fourth-order valence-corrected chi connectivity index (χ4v) is 2.52. The van der Waals surface area contributed by atoms with Crippen LogP contribution in [0.4, 0.5) is 19.0 Å². The smallest absolute Gasteiger partial charge is 0.392 e. The van der Waals surface area contributed by atoms with Crippen LogP contribution in [-0.2, 0) is 4.79 Å². The fourth-order valence-electron chi connectivity index (χ4n) is 2.52. The third-order valence-electron chi connectivity index (χ3n) is 4.32. The van der Waals surface area contributed by atoms with Crippen LogP contribution in [-0.4, -0.2) is 34.6 Å². The minimum atomic E-state index is -4.31. The third-order valence-corrected chi connectivity index (χ3v) is 4.32. The molecule has 7 nitrogen and oxygen atoms in total. The number of carbonyl (C=O) groups is 2. The topological polar surface area (TPSA) is 93.2 Å². The summed E-state index contributed by atoms with van der Waals surface area (Å²) in [5, 5.41) is 5.52. The average Bonchev–Trinajstić information content (AvgIpc) is 2.68. The molecule has 0 saturated carbocycles. The molecular weight excluding hydrogens is 413 g/mol. The Balaban J connectivity index is 2.01. The monoisotopic (exact) mass is 438 g/mol. The lowest BCUT2D eigenvalue weighted by atomic mass is 10.1. The van der Waals surface area contributed by atoms with Gasteiger partial charge < -0.3 is 15.4 Å². The fraction of sp³-hybridized carbons (Fsp3) is 0.429. The Hall–Kier alpha value is -3.17. The molecule has 2 N–H and O–H groups in total. The number of amides is 2. The first-order chi connectivity index (χ1) is 14.5. The molecule has 0 saturated heterocycles. The molecule has 1 atom stereocenters. The lowest BCUT2D eigenvalue weighted by molar-refractivity contribution is -0.139. The van der Waals surface area contributed by atoms with Gasteiger partial charge in [0.25, 0.3) is 5.91 Å². The number of halogens is 3. The Morgan fingerprint density at radius 2 is 1.87 bits per heavy atom. The Bertz CT molecular complexity index is 932. The Morgan fingerprint density at radius 1 is 1.16 bits per heavy atom. The zero-order valence-electron chi connectivity index (χ0n) is 17.7. The summed E-state index contributed by atoms with van der Waals surface area (Å²) in [4.78, 5) is 32.5. The first-order valence-corrected chi connectivity index (χ1v) is 9.70. The largest absolute Gasteiger partial charge is 0.477 e. The van der Waals surface area contributed by atoms with Crippen molar-refractivity contribution in [2.24, 2.45) is 5.92 Å². The molecule has 0 aliphatic carbocycles. The van der Waals surface area contributed by atoms with E-state index in [1.807, 2.05) is 0 Å². The van der Waals surface area contributed by atoms with Gasteiger partial charge in [0, 0.05) is 23.9 Å². The van der Waals surface area contributed by atoms with E-state index in [1.165, 1.54) is 18.5 Å². The van der Waals surface area contributed by atoms with Gasteiger partial charge in [-0.3, -0.25) is 9.59 Å². The van der Waals surface area contributed by atoms with Crippen molar-refractivity contribution in [3.05, 3.63) is 47.3 Å². The van der Waals surface area contributed by atoms with Gasteiger partial charge in [0.1, 0.15) is 5.82 Å². The maximum absolute atomic E-state index is 12.6. The van der Waals surface area contributed by atoms with Gasteiger partial charge >= 0.3 is 6.18 Å². The molecule has 0 fully saturated rings. The quantitative estimate of drug-likeness (QED) is 0.644. The molecule has 2 rings (SSSR count). The van der Waals surface area contributed by atoms with Crippen molar-refractivity contribution in [1.29, 1.82) is 0 Å². The van der Waals surface area contributed by atoms with E-state index in [9.17, 15) is 22.8 Å². The van der Waals surface area contributed by atoms with Crippen LogP contribution in [0.5, 0.6) is 5.88 Å². The van der Waals surface area contributed by atoms with Gasteiger partial charge in [-0.15, -0.1) is 0 Å². The summed E-state index contributed by atoms with van der Waals surface area (Å²) in [6, 6.07) is 4.50. The van der Waals surface area contributed by atoms with E-state index >= 15 is 0 Å². The normalized spacial score (nSPS) is 12.4. The van der Waals surface area contributed by atoms with E-state index in [0.29, 0.717) is 11.4 Å². The van der Waals surface area contributed by atoms with Crippen LogP contribution in [0.1, 0.15) is 54.7 Å². The van der Waals surface area contributed by atoms with Crippen molar-refractivity contribution in [2.75, 3.05) is 11.9 Å². The van der Waals surface area contributed by atoms with Gasteiger partial charge in [-0.05, 0) is 37.6 Å². The van der Waals surface area contributed by atoms with Crippen LogP contribution < -0.4 is 15.4 Å². The van der Waals surface area contributed by atoms with Gasteiger partial charge in [-0.25, -0.2) is 9.97 Å². The highest BCUT2D eigenvalue weighted by atomic mass is 19.4. The number of ether oxygens (including phenoxy) is 1. The number of hydrogen-bond donors (Lipinski definition) is 2. The van der Waals surface area contributed by atoms with Crippen molar-refractivity contribution in [3.8, 4) is 5.88 Å². The first kappa shape index (κ1) is 24.1. The summed E-state index contributed by atoms with van der Waals surface area (Å²) in [5.74, 6) is -0.336. The van der Waals surface area contributed by atoms with Crippen molar-refractivity contribution in [2.45, 2.75) is 46.3 Å². The number of nitrogens with one attached hydrogen (secondary N) is 2. The number of anilines is 1. The molecule has 0 radical (unpaired) electrons. The number of aryl methyl sites for hydroxylation is 1. The van der Waals surface area contributed by atoms with Gasteiger partial charge in [0.15, 0.2) is 0 Å². The zero-order valence-corrected chi connectivity index (χ0v) is 17.7. The molecule has 2 aromatic heterocycles. The van der Waals surface area contributed by atoms with Crippen molar-refractivity contribution in [3.63, 3.8) is 0 Å². The molecule has 168 valence electrons. The highest BCUT2D eigenvalue weighted by molar-refractivity contribution is 5.94. The lowest BCUT2D eigenvalue weighted by Crippen LogP contribution is -2.27. The number of nitrogens with zero attached hydrogens (tertiary/aromatic N) is 2. The Kier molecular flexibility index (Phi) is 7.95. The van der Waals surface area contributed by atoms with Gasteiger partial charge in [-0.2, -0.15) is 13.2 Å². The molecule has 0 aliphatic rings. The van der Waals surface area contributed by atoms with E-state index in [0.717, 1.165) is 5.56 Å². The number of pyridine rings is 2. The predicted molar refractivity (Wildman–Crippen MR) is 109 cm³/mol. The van der Waals surface area contributed by atoms with Crippen LogP contribution in [0.25, 0.3) is 0 Å². The summed E-state index contributed by atoms with van der Waals surface area (Å²) < 4.78 is 41.8. The Morgan fingerprint density at radius 3 is 2.48 bits per heavy atom. The molecular formula is C21H25F3N4O3. The van der Waals surface area contributed by atoms with E-state index in [2.05, 4.69) is 20.6 Å². The van der Waals surface area contributed by atoms with Crippen LogP contribution in [0.2, 0.25) is 0 Å². The molecule has 2 aromatic rings. The number of hydrogen-bond acceptors (Lipinski definition) is 5. The van der Waals surface area contributed by atoms with Gasteiger partial charge in [-0.1, -0.05) is 13.8 Å². The molecule has 0 aliphatic heterocycles. The molecule has 2 heterocycles. The number of alkyl halides is 3. The van der Waals surface area contributed by atoms with Crippen LogP contribution in [0.15, 0.2) is 30.6 Å². The van der Waals surface area contributed by atoms with Gasteiger partial charge in [0.2, 0.25) is 11.8 Å². The maximum atomic E-state index is 12.6. The van der Waals surface area contributed by atoms with E-state index in [4.69, 9.17) is 4.74 Å². The summed E-state index contributed by atoms with van der Waals surface area (Å²) in [6.07, 6.45) is -2.61. The number of aromatic nitrogens is 2. The van der Waals surface area contributed by atoms with Gasteiger partial charge in [0.05, 0.1) is 24.6 Å². The minimum Gasteiger partial charge on any atom is -0.477 e. The molecule has 10 heteroatoms. The summed E-state index contributed by atoms with van der Waals surface area (Å²) in [7, 11) is 0. The lowest BCUT2D eigenvalue weighted by Gasteiger charge is -2.16. The van der Waals surface area contributed by atoms with Crippen molar-refractivity contribution < 1.29 is 27.5 Å². The minimum absolute atomic E-state index is 0.0496. The number of rotatable bonds is 8. The summed E-state index contributed by atoms with van der Waals surface area (Å²) in [6.45, 7) is 6.37. The second-order valence-corrected chi connectivity index (χ2v) is 7.37. The number of carbonyl (C=O) groups excluding carboxylic acids is 2. The second-order valence-electron chi connectivity index (χ2n) is 7.37. The molecule has 2 amide bonds. The highest BCUT2D eigenvalue weighted by Gasteiger charge is 2.27. The zero-order chi connectivity index (χ0) is 23.2. The Labute approximate surface area is 178 Å². The average molecular weight is 438 g/mol. The molecule has 31 heavy (non-hydrogen) atoms. The first-order valence-electron chi connectivity index (χ1n) is 9.70.